The number of hydrogen-bond acceptors (Lipinski definition) is 1. The third kappa shape index (κ3) is 2.27. The Hall–Kier alpha value is -1.25. The minimum Gasteiger partial charge on any atom is -0.489 e. The summed E-state index contributed by atoms with van der Waals surface area (Å²) in [7, 11) is 0. The van der Waals surface area contributed by atoms with Crippen LogP contribution in [0.4, 0.5) is 4.39 Å². The van der Waals surface area contributed by atoms with Crippen molar-refractivity contribution in [1.82, 2.24) is 0 Å². The summed E-state index contributed by atoms with van der Waals surface area (Å²) in [6.45, 7) is 2.05. The minimum atomic E-state index is -0.296. The quantitative estimate of drug-likeness (QED) is 0.710. The smallest absolute Gasteiger partial charge is 0.131 e. The summed E-state index contributed by atoms with van der Waals surface area (Å²) in [4.78, 5) is 0. The van der Waals surface area contributed by atoms with Gasteiger partial charge in [0.15, 0.2) is 0 Å². The molecule has 0 spiro atoms. The van der Waals surface area contributed by atoms with E-state index in [0.717, 1.165) is 18.4 Å². The molecule has 0 N–H and O–H groups in total. The third-order valence-corrected chi connectivity index (χ3v) is 4.18. The summed E-state index contributed by atoms with van der Waals surface area (Å²) in [6.07, 6.45) is 1.69. The van der Waals surface area contributed by atoms with Crippen molar-refractivity contribution in [3.63, 3.8) is 0 Å². The van der Waals surface area contributed by atoms with Crippen LogP contribution in [0.25, 0.3) is 11.1 Å². The number of benzene rings is 2. The van der Waals surface area contributed by atoms with Crippen molar-refractivity contribution in [1.29, 1.82) is 0 Å². The van der Waals surface area contributed by atoms with Gasteiger partial charge in [0.25, 0.3) is 0 Å². The van der Waals surface area contributed by atoms with Gasteiger partial charge in [0.05, 0.1) is 10.0 Å². The second-order valence-corrected chi connectivity index (χ2v) is 5.70. The SMILES string of the molecule is CCC1Cc2cc(F)cc(-c3c(Cl)cccc3Cl)c2O1. The maximum atomic E-state index is 13.9. The molecule has 1 aliphatic heterocycles. The normalized spacial score (nSPS) is 16.9. The highest BCUT2D eigenvalue weighted by Crippen LogP contribution is 2.45. The fourth-order valence-corrected chi connectivity index (χ4v) is 3.16. The summed E-state index contributed by atoms with van der Waals surface area (Å²) >= 11 is 12.5. The Balaban J connectivity index is 2.21. The van der Waals surface area contributed by atoms with Crippen LogP contribution in [0.2, 0.25) is 10.0 Å². The van der Waals surface area contributed by atoms with Crippen molar-refractivity contribution in [3.8, 4) is 16.9 Å². The van der Waals surface area contributed by atoms with Crippen LogP contribution >= 0.6 is 23.2 Å². The highest BCUT2D eigenvalue weighted by molar-refractivity contribution is 6.39. The van der Waals surface area contributed by atoms with E-state index in [2.05, 4.69) is 6.92 Å². The van der Waals surface area contributed by atoms with E-state index in [-0.39, 0.29) is 11.9 Å². The fraction of sp³-hybridized carbons (Fsp3) is 0.250. The summed E-state index contributed by atoms with van der Waals surface area (Å²) in [5, 5.41) is 0.989. The summed E-state index contributed by atoms with van der Waals surface area (Å²) in [5.74, 6) is 0.406. The lowest BCUT2D eigenvalue weighted by atomic mass is 10.00. The lowest BCUT2D eigenvalue weighted by Crippen LogP contribution is -2.10. The first kappa shape index (κ1) is 13.7. The molecule has 0 radical (unpaired) electrons. The van der Waals surface area contributed by atoms with Crippen molar-refractivity contribution < 1.29 is 9.13 Å². The molecule has 20 heavy (non-hydrogen) atoms. The first-order valence-corrected chi connectivity index (χ1v) is 7.29. The maximum Gasteiger partial charge on any atom is 0.131 e. The standard InChI is InChI=1S/C16H13Cl2FO/c1-2-11-7-9-6-10(19)8-12(16(9)20-11)15-13(17)4-3-5-14(15)18/h3-6,8,11H,2,7H2,1H3. The molecule has 0 aliphatic carbocycles. The average Bonchev–Trinajstić information content (AvgIpc) is 2.81. The minimum absolute atomic E-state index is 0.0896. The lowest BCUT2D eigenvalue weighted by Gasteiger charge is -2.13. The van der Waals surface area contributed by atoms with E-state index in [1.54, 1.807) is 18.2 Å². The average molecular weight is 311 g/mol. The molecule has 0 bridgehead atoms. The molecule has 1 atom stereocenters. The van der Waals surface area contributed by atoms with E-state index in [0.29, 0.717) is 26.9 Å². The van der Waals surface area contributed by atoms with Gasteiger partial charge in [0, 0.05) is 23.1 Å². The number of hydrogen-bond donors (Lipinski definition) is 0. The largest absolute Gasteiger partial charge is 0.489 e. The molecule has 0 aromatic heterocycles. The van der Waals surface area contributed by atoms with Gasteiger partial charge < -0.3 is 4.74 Å². The van der Waals surface area contributed by atoms with Crippen LogP contribution in [0.3, 0.4) is 0 Å². The van der Waals surface area contributed by atoms with Gasteiger partial charge >= 0.3 is 0 Å². The number of fused-ring (bicyclic) bond motifs is 1. The van der Waals surface area contributed by atoms with Crippen molar-refractivity contribution in [2.45, 2.75) is 25.9 Å². The predicted molar refractivity (Wildman–Crippen MR) is 80.3 cm³/mol. The second kappa shape index (κ2) is 5.27. The van der Waals surface area contributed by atoms with Crippen LogP contribution < -0.4 is 4.74 Å². The van der Waals surface area contributed by atoms with Crippen LogP contribution in [-0.2, 0) is 6.42 Å². The van der Waals surface area contributed by atoms with E-state index in [1.165, 1.54) is 12.1 Å². The van der Waals surface area contributed by atoms with Crippen molar-refractivity contribution in [3.05, 3.63) is 51.8 Å². The molecule has 1 nitrogen and oxygen atoms in total. The first-order valence-electron chi connectivity index (χ1n) is 6.53. The summed E-state index contributed by atoms with van der Waals surface area (Å²) in [5.41, 5.74) is 2.14. The Kier molecular flexibility index (Phi) is 3.61. The van der Waals surface area contributed by atoms with Crippen LogP contribution in [0.15, 0.2) is 30.3 Å². The summed E-state index contributed by atoms with van der Waals surface area (Å²) in [6, 6.07) is 8.21. The van der Waals surface area contributed by atoms with Gasteiger partial charge in [-0.25, -0.2) is 4.39 Å². The maximum absolute atomic E-state index is 13.9. The molecular formula is C16H13Cl2FO. The van der Waals surface area contributed by atoms with E-state index in [9.17, 15) is 4.39 Å². The number of rotatable bonds is 2. The van der Waals surface area contributed by atoms with Crippen molar-refractivity contribution in [2.75, 3.05) is 0 Å². The van der Waals surface area contributed by atoms with Gasteiger partial charge in [-0.2, -0.15) is 0 Å². The number of halogens is 3. The van der Waals surface area contributed by atoms with E-state index in [1.807, 2.05) is 0 Å². The molecule has 0 fully saturated rings. The van der Waals surface area contributed by atoms with E-state index >= 15 is 0 Å². The highest BCUT2D eigenvalue weighted by atomic mass is 35.5. The van der Waals surface area contributed by atoms with Crippen molar-refractivity contribution in [2.24, 2.45) is 0 Å². The van der Waals surface area contributed by atoms with Crippen LogP contribution in [0.1, 0.15) is 18.9 Å². The summed E-state index contributed by atoms with van der Waals surface area (Å²) < 4.78 is 19.8. The van der Waals surface area contributed by atoms with Crippen LogP contribution in [0.5, 0.6) is 5.75 Å². The molecule has 2 aromatic rings. The Bertz CT molecular complexity index is 650. The molecule has 1 aliphatic rings. The highest BCUT2D eigenvalue weighted by Gasteiger charge is 2.27. The molecule has 104 valence electrons. The molecule has 0 saturated carbocycles. The van der Waals surface area contributed by atoms with Gasteiger partial charge in [-0.3, -0.25) is 0 Å². The van der Waals surface area contributed by atoms with Gasteiger partial charge in [0.1, 0.15) is 17.7 Å². The Morgan fingerprint density at radius 2 is 1.95 bits per heavy atom. The molecule has 1 heterocycles. The van der Waals surface area contributed by atoms with Gasteiger partial charge in [-0.1, -0.05) is 36.2 Å². The van der Waals surface area contributed by atoms with Gasteiger partial charge in [-0.05, 0) is 30.7 Å². The Morgan fingerprint density at radius 1 is 1.25 bits per heavy atom. The van der Waals surface area contributed by atoms with Gasteiger partial charge in [-0.15, -0.1) is 0 Å². The zero-order chi connectivity index (χ0) is 14.3. The predicted octanol–water partition coefficient (Wildman–Crippen LogP) is 5.51. The second-order valence-electron chi connectivity index (χ2n) is 4.89. The number of ether oxygens (including phenoxy) is 1. The third-order valence-electron chi connectivity index (χ3n) is 3.55. The molecule has 1 unspecified atom stereocenters. The molecule has 3 rings (SSSR count). The topological polar surface area (TPSA) is 9.23 Å². The van der Waals surface area contributed by atoms with E-state index < -0.39 is 0 Å². The van der Waals surface area contributed by atoms with Crippen LogP contribution in [-0.4, -0.2) is 6.10 Å². The molecule has 2 aromatic carbocycles. The zero-order valence-electron chi connectivity index (χ0n) is 10.9. The fourth-order valence-electron chi connectivity index (χ4n) is 2.56. The van der Waals surface area contributed by atoms with E-state index in [4.69, 9.17) is 27.9 Å². The molecule has 4 heteroatoms. The monoisotopic (exact) mass is 310 g/mol. The van der Waals surface area contributed by atoms with Crippen molar-refractivity contribution >= 4 is 23.2 Å². The zero-order valence-corrected chi connectivity index (χ0v) is 12.4. The Labute approximate surface area is 127 Å². The molecule has 0 amide bonds. The Morgan fingerprint density at radius 3 is 2.60 bits per heavy atom. The van der Waals surface area contributed by atoms with Crippen LogP contribution in [0, 0.1) is 5.82 Å². The first-order chi connectivity index (χ1) is 9.60. The molecular weight excluding hydrogens is 298 g/mol. The van der Waals surface area contributed by atoms with Gasteiger partial charge in [0.2, 0.25) is 0 Å². The molecule has 0 saturated heterocycles. The lowest BCUT2D eigenvalue weighted by molar-refractivity contribution is 0.229.